The van der Waals surface area contributed by atoms with Gasteiger partial charge in [-0.3, -0.25) is 24.3 Å². The largest absolute Gasteiger partial charge is 0.485 e. The Balaban J connectivity index is 2.31. The van der Waals surface area contributed by atoms with E-state index in [0.29, 0.717) is 28.6 Å². The predicted molar refractivity (Wildman–Crippen MR) is 143 cm³/mol. The van der Waals surface area contributed by atoms with Crippen LogP contribution in [0.1, 0.15) is 39.1 Å². The molecule has 3 N–H and O–H groups in total. The normalized spacial score (nSPS) is 13.4. The topological polar surface area (TPSA) is 115 Å². The van der Waals surface area contributed by atoms with Crippen LogP contribution in [0.4, 0.5) is 8.78 Å². The van der Waals surface area contributed by atoms with Crippen LogP contribution < -0.4 is 16.0 Å². The molecule has 2 rings (SSSR count). The Morgan fingerprint density at radius 2 is 2.00 bits per heavy atom. The van der Waals surface area contributed by atoms with Crippen molar-refractivity contribution in [1.82, 2.24) is 9.55 Å². The van der Waals surface area contributed by atoms with Crippen LogP contribution >= 0.6 is 11.6 Å². The first-order chi connectivity index (χ1) is 17.2. The van der Waals surface area contributed by atoms with Crippen molar-refractivity contribution in [3.05, 3.63) is 86.2 Å². The fourth-order valence-corrected chi connectivity index (χ4v) is 3.33. The van der Waals surface area contributed by atoms with E-state index >= 15 is 0 Å². The van der Waals surface area contributed by atoms with Crippen molar-refractivity contribution in [1.29, 1.82) is 0 Å². The van der Waals surface area contributed by atoms with E-state index in [9.17, 15) is 18.7 Å². The van der Waals surface area contributed by atoms with Gasteiger partial charge in [0.25, 0.3) is 5.56 Å². The van der Waals surface area contributed by atoms with Gasteiger partial charge in [-0.05, 0) is 51.8 Å². The van der Waals surface area contributed by atoms with Crippen molar-refractivity contribution >= 4 is 29.7 Å². The number of rotatable bonds is 10. The van der Waals surface area contributed by atoms with Crippen LogP contribution in [-0.2, 0) is 6.61 Å². The average molecular weight is 534 g/mol. The highest BCUT2D eigenvalue weighted by Gasteiger charge is 2.18. The number of aliphatic hydroxyl groups is 1. The molecule has 0 aliphatic rings. The number of allylic oxidation sites excluding steroid dienone is 4. The Hall–Kier alpha value is -3.63. The fraction of sp³-hybridized carbons (Fsp3) is 0.308. The van der Waals surface area contributed by atoms with E-state index in [2.05, 4.69) is 21.5 Å². The van der Waals surface area contributed by atoms with Gasteiger partial charge in [-0.1, -0.05) is 18.2 Å². The lowest BCUT2D eigenvalue weighted by atomic mass is 10.1. The molecule has 11 heteroatoms. The van der Waals surface area contributed by atoms with Crippen LogP contribution in [0.2, 0.25) is 5.02 Å². The van der Waals surface area contributed by atoms with Crippen LogP contribution in [0, 0.1) is 18.6 Å². The number of hydrogen-bond donors (Lipinski definition) is 2. The summed E-state index contributed by atoms with van der Waals surface area (Å²) < 4.78 is 33.9. The number of hydrogen-bond acceptors (Lipinski definition) is 7. The molecule has 0 unspecified atom stereocenters. The molecule has 37 heavy (non-hydrogen) atoms. The van der Waals surface area contributed by atoms with Gasteiger partial charge >= 0.3 is 0 Å². The summed E-state index contributed by atoms with van der Waals surface area (Å²) in [6, 6.07) is 2.22. The number of pyridine rings is 2. The molecule has 0 saturated heterocycles. The molecule has 8 nitrogen and oxygen atoms in total. The zero-order chi connectivity index (χ0) is 27.9. The van der Waals surface area contributed by atoms with Crippen LogP contribution in [-0.4, -0.2) is 39.4 Å². The summed E-state index contributed by atoms with van der Waals surface area (Å²) in [6.45, 7) is 12.0. The molecule has 2 heterocycles. The third-order valence-corrected chi connectivity index (χ3v) is 5.41. The number of ether oxygens (including phenoxy) is 1. The second-order valence-electron chi connectivity index (χ2n) is 8.75. The Morgan fingerprint density at radius 3 is 2.59 bits per heavy atom. The van der Waals surface area contributed by atoms with E-state index in [1.165, 1.54) is 22.9 Å². The number of halogens is 3. The second-order valence-corrected chi connectivity index (χ2v) is 9.13. The van der Waals surface area contributed by atoms with Gasteiger partial charge in [0.05, 0.1) is 17.5 Å². The minimum absolute atomic E-state index is 0.0334. The van der Waals surface area contributed by atoms with E-state index in [0.717, 1.165) is 6.20 Å². The molecule has 0 atom stereocenters. The first-order valence-electron chi connectivity index (χ1n) is 11.1. The molecule has 0 fully saturated rings. The second kappa shape index (κ2) is 12.6. The molecule has 0 amide bonds. The molecular formula is C26H30ClF2N5O3. The zero-order valence-corrected chi connectivity index (χ0v) is 22.1. The maximum absolute atomic E-state index is 13.9. The lowest BCUT2D eigenvalue weighted by molar-refractivity contribution is 0.118. The third-order valence-electron chi connectivity index (χ3n) is 5.06. The molecule has 0 aliphatic heterocycles. The maximum Gasteiger partial charge on any atom is 0.277 e. The summed E-state index contributed by atoms with van der Waals surface area (Å²) in [4.78, 5) is 25.2. The van der Waals surface area contributed by atoms with Crippen LogP contribution in [0.25, 0.3) is 5.70 Å². The van der Waals surface area contributed by atoms with Crippen molar-refractivity contribution in [3.8, 4) is 5.75 Å². The minimum atomic E-state index is -1.15. The highest BCUT2D eigenvalue weighted by atomic mass is 35.5. The number of nitrogens with two attached hydrogens (primary N) is 1. The van der Waals surface area contributed by atoms with Crippen molar-refractivity contribution in [2.75, 3.05) is 6.67 Å². The molecule has 198 valence electrons. The Morgan fingerprint density at radius 1 is 1.32 bits per heavy atom. The van der Waals surface area contributed by atoms with Gasteiger partial charge in [0.2, 0.25) is 0 Å². The molecule has 2 aromatic heterocycles. The molecule has 2 aromatic rings. The molecule has 0 aliphatic carbocycles. The van der Waals surface area contributed by atoms with Crippen molar-refractivity contribution in [2.24, 2.45) is 15.7 Å². The molecule has 0 bridgehead atoms. The first kappa shape index (κ1) is 29.6. The number of aromatic nitrogens is 2. The van der Waals surface area contributed by atoms with E-state index in [-0.39, 0.29) is 35.4 Å². The van der Waals surface area contributed by atoms with E-state index in [1.54, 1.807) is 40.8 Å². The van der Waals surface area contributed by atoms with Gasteiger partial charge in [0.15, 0.2) is 5.82 Å². The summed E-state index contributed by atoms with van der Waals surface area (Å²) >= 11 is 6.30. The quantitative estimate of drug-likeness (QED) is 0.342. The predicted octanol–water partition coefficient (Wildman–Crippen LogP) is 4.58. The van der Waals surface area contributed by atoms with Crippen LogP contribution in [0.5, 0.6) is 5.75 Å². The Labute approximate surface area is 219 Å². The van der Waals surface area contributed by atoms with Crippen molar-refractivity contribution in [3.63, 3.8) is 0 Å². The van der Waals surface area contributed by atoms with Gasteiger partial charge in [0.1, 0.15) is 35.6 Å². The van der Waals surface area contributed by atoms with Crippen LogP contribution in [0.15, 0.2) is 62.6 Å². The summed E-state index contributed by atoms with van der Waals surface area (Å²) in [5.41, 5.74) is 6.34. The molecule has 0 spiro atoms. The summed E-state index contributed by atoms with van der Waals surface area (Å²) in [5, 5.41) is 9.57. The SMILES string of the molecule is C=C(C)/C(=C(/C)C=NCN=CC=C(N)C(C)(C)O)n1c(C)cc(OCc2ncc(F)cc2F)c(Cl)c1=O. The zero-order valence-electron chi connectivity index (χ0n) is 21.3. The van der Waals surface area contributed by atoms with Gasteiger partial charge < -0.3 is 15.6 Å². The summed E-state index contributed by atoms with van der Waals surface area (Å²) in [5.74, 6) is -1.65. The van der Waals surface area contributed by atoms with Crippen molar-refractivity contribution in [2.45, 2.75) is 46.8 Å². The third kappa shape index (κ3) is 7.93. The molecule has 0 saturated carbocycles. The van der Waals surface area contributed by atoms with Gasteiger partial charge in [-0.15, -0.1) is 0 Å². The number of aryl methyl sites for hydroxylation is 1. The average Bonchev–Trinajstić information content (AvgIpc) is 2.80. The molecular weight excluding hydrogens is 504 g/mol. The maximum atomic E-state index is 13.9. The fourth-order valence-electron chi connectivity index (χ4n) is 3.13. The standard InChI is InChI=1S/C26H30ClF2N5O3/c1-15(2)24(16(3)11-32-14-31-8-7-22(30)26(5,6)36)34-17(4)9-21(23(27)25(34)35)37-13-20-19(29)10-18(28)12-33-20/h7-12,36H,1,13-14,30H2,2-6H3/b22-7?,24-16+,31-8?,32-11?. The highest BCUT2D eigenvalue weighted by Crippen LogP contribution is 2.27. The summed E-state index contributed by atoms with van der Waals surface area (Å²) in [6.07, 6.45) is 5.36. The lowest BCUT2D eigenvalue weighted by Crippen LogP contribution is -2.27. The lowest BCUT2D eigenvalue weighted by Gasteiger charge is -2.18. The van der Waals surface area contributed by atoms with E-state index in [4.69, 9.17) is 22.1 Å². The smallest absolute Gasteiger partial charge is 0.277 e. The Bertz CT molecular complexity index is 1360. The highest BCUT2D eigenvalue weighted by molar-refractivity contribution is 6.31. The van der Waals surface area contributed by atoms with Crippen LogP contribution in [0.3, 0.4) is 0 Å². The van der Waals surface area contributed by atoms with Gasteiger partial charge in [-0.25, -0.2) is 8.78 Å². The van der Waals surface area contributed by atoms with Crippen molar-refractivity contribution < 1.29 is 18.6 Å². The first-order valence-corrected chi connectivity index (χ1v) is 11.5. The monoisotopic (exact) mass is 533 g/mol. The number of nitrogens with zero attached hydrogens (tertiary/aromatic N) is 4. The summed E-state index contributed by atoms with van der Waals surface area (Å²) in [7, 11) is 0. The minimum Gasteiger partial charge on any atom is -0.485 e. The van der Waals surface area contributed by atoms with E-state index in [1.807, 2.05) is 0 Å². The molecule has 0 radical (unpaired) electrons. The van der Waals surface area contributed by atoms with E-state index < -0.39 is 22.8 Å². The van der Waals surface area contributed by atoms with Gasteiger partial charge in [0, 0.05) is 36.0 Å². The molecule has 0 aromatic carbocycles. The Kier molecular flexibility index (Phi) is 10.0. The number of aliphatic imine (C=N–C) groups is 2. The van der Waals surface area contributed by atoms with Gasteiger partial charge in [-0.2, -0.15) is 0 Å².